The van der Waals surface area contributed by atoms with Crippen LogP contribution >= 0.6 is 0 Å². The van der Waals surface area contributed by atoms with Gasteiger partial charge in [0.25, 0.3) is 0 Å². The Morgan fingerprint density at radius 3 is 2.54 bits per heavy atom. The van der Waals surface area contributed by atoms with Crippen LogP contribution in [0.25, 0.3) is 11.0 Å². The number of fused-ring (bicyclic) bond motifs is 1. The second-order valence-corrected chi connectivity index (χ2v) is 5.41. The number of carboxylic acid groups (broad SMARTS) is 2. The number of carbonyl (C=O) groups is 2. The van der Waals surface area contributed by atoms with E-state index in [2.05, 4.69) is 5.32 Å². The molecule has 9 heteroatoms. The van der Waals surface area contributed by atoms with Crippen molar-refractivity contribution < 1.29 is 34.1 Å². The third kappa shape index (κ3) is 6.71. The van der Waals surface area contributed by atoms with Crippen molar-refractivity contribution in [3.63, 3.8) is 0 Å². The highest BCUT2D eigenvalue weighted by Gasteiger charge is 2.20. The van der Waals surface area contributed by atoms with Crippen LogP contribution in [0.5, 0.6) is 5.75 Å². The number of methoxy groups -OCH3 is 1. The van der Waals surface area contributed by atoms with Crippen LogP contribution in [0.15, 0.2) is 34.9 Å². The Morgan fingerprint density at radius 2 is 2.12 bits per heavy atom. The summed E-state index contributed by atoms with van der Waals surface area (Å²) in [5.74, 6) is -1.11. The van der Waals surface area contributed by atoms with Crippen LogP contribution in [0, 0.1) is 0 Å². The Kier molecular flexibility index (Phi) is 9.13. The van der Waals surface area contributed by atoms with Gasteiger partial charge in [0.1, 0.15) is 12.1 Å². The van der Waals surface area contributed by atoms with Crippen molar-refractivity contribution in [2.45, 2.75) is 24.9 Å². The SMILES string of the molecule is COc1cccc2ccoc12.N[C@@H](CO)C(=O)O.O=C(O)[C@@H]1CCCN1. The molecular formula is C17H24N2O7. The Balaban J connectivity index is 0.000000203. The molecule has 2 heterocycles. The lowest BCUT2D eigenvalue weighted by Crippen LogP contribution is -2.33. The molecule has 1 aliphatic rings. The predicted octanol–water partition coefficient (Wildman–Crippen LogP) is 0.655. The lowest BCUT2D eigenvalue weighted by atomic mass is 10.2. The van der Waals surface area contributed by atoms with Gasteiger partial charge in [0.05, 0.1) is 20.0 Å². The average molecular weight is 368 g/mol. The summed E-state index contributed by atoms with van der Waals surface area (Å²) in [6, 6.07) is 6.33. The quantitative estimate of drug-likeness (QED) is 0.523. The van der Waals surface area contributed by atoms with E-state index >= 15 is 0 Å². The molecule has 1 aromatic heterocycles. The molecule has 1 fully saturated rings. The number of ether oxygens (including phenoxy) is 1. The maximum absolute atomic E-state index is 10.1. The molecule has 0 amide bonds. The van der Waals surface area contributed by atoms with Gasteiger partial charge in [-0.05, 0) is 31.5 Å². The van der Waals surface area contributed by atoms with Crippen LogP contribution < -0.4 is 15.8 Å². The van der Waals surface area contributed by atoms with Crippen molar-refractivity contribution in [1.29, 1.82) is 0 Å². The van der Waals surface area contributed by atoms with E-state index in [0.29, 0.717) is 0 Å². The molecule has 0 radical (unpaired) electrons. The summed E-state index contributed by atoms with van der Waals surface area (Å²) in [6.45, 7) is 0.353. The normalized spacial score (nSPS) is 16.7. The van der Waals surface area contributed by atoms with Crippen LogP contribution in [0.3, 0.4) is 0 Å². The Morgan fingerprint density at radius 1 is 1.38 bits per heavy atom. The molecule has 0 unspecified atom stereocenters. The molecule has 9 nitrogen and oxygen atoms in total. The largest absolute Gasteiger partial charge is 0.493 e. The minimum absolute atomic E-state index is 0.269. The molecule has 1 aromatic carbocycles. The highest BCUT2D eigenvalue weighted by atomic mass is 16.5. The summed E-state index contributed by atoms with van der Waals surface area (Å²) in [4.78, 5) is 19.8. The number of nitrogens with one attached hydrogen (secondary N) is 1. The maximum atomic E-state index is 10.1. The first-order valence-electron chi connectivity index (χ1n) is 7.96. The van der Waals surface area contributed by atoms with Gasteiger partial charge < -0.3 is 35.5 Å². The second-order valence-electron chi connectivity index (χ2n) is 5.41. The van der Waals surface area contributed by atoms with Crippen LogP contribution in [0.1, 0.15) is 12.8 Å². The second kappa shape index (κ2) is 11.1. The topological polar surface area (TPSA) is 155 Å². The third-order valence-corrected chi connectivity index (χ3v) is 3.54. The number of para-hydroxylation sites is 1. The summed E-state index contributed by atoms with van der Waals surface area (Å²) in [6.07, 6.45) is 3.44. The minimum Gasteiger partial charge on any atom is -0.493 e. The number of aliphatic carboxylic acids is 2. The first-order chi connectivity index (χ1) is 12.4. The average Bonchev–Trinajstić information content (AvgIpc) is 3.32. The number of benzene rings is 1. The lowest BCUT2D eigenvalue weighted by molar-refractivity contribution is -0.140. The number of aliphatic hydroxyl groups excluding tert-OH is 1. The monoisotopic (exact) mass is 368 g/mol. The summed E-state index contributed by atoms with van der Waals surface area (Å²) >= 11 is 0. The van der Waals surface area contributed by atoms with E-state index in [4.69, 9.17) is 30.2 Å². The van der Waals surface area contributed by atoms with Crippen molar-refractivity contribution in [3.05, 3.63) is 30.5 Å². The van der Waals surface area contributed by atoms with E-state index in [1.807, 2.05) is 24.3 Å². The van der Waals surface area contributed by atoms with Gasteiger partial charge >= 0.3 is 11.9 Å². The van der Waals surface area contributed by atoms with Crippen LogP contribution in [0.4, 0.5) is 0 Å². The van der Waals surface area contributed by atoms with E-state index in [9.17, 15) is 9.59 Å². The van der Waals surface area contributed by atoms with E-state index in [1.54, 1.807) is 13.4 Å². The van der Waals surface area contributed by atoms with Crippen molar-refractivity contribution in [2.75, 3.05) is 20.3 Å². The van der Waals surface area contributed by atoms with Crippen molar-refractivity contribution in [3.8, 4) is 5.75 Å². The number of rotatable bonds is 4. The molecule has 0 bridgehead atoms. The van der Waals surface area contributed by atoms with E-state index in [1.165, 1.54) is 0 Å². The van der Waals surface area contributed by atoms with Gasteiger partial charge in [-0.25, -0.2) is 0 Å². The fourth-order valence-electron chi connectivity index (χ4n) is 2.10. The van der Waals surface area contributed by atoms with E-state index in [-0.39, 0.29) is 6.04 Å². The predicted molar refractivity (Wildman–Crippen MR) is 94.1 cm³/mol. The number of furan rings is 1. The van der Waals surface area contributed by atoms with Crippen molar-refractivity contribution in [1.82, 2.24) is 5.32 Å². The molecule has 2 aromatic rings. The smallest absolute Gasteiger partial charge is 0.322 e. The van der Waals surface area contributed by atoms with Crippen LogP contribution in [-0.2, 0) is 9.59 Å². The van der Waals surface area contributed by atoms with Gasteiger partial charge in [-0.2, -0.15) is 0 Å². The molecule has 0 saturated carbocycles. The summed E-state index contributed by atoms with van der Waals surface area (Å²) in [5, 5.41) is 28.2. The maximum Gasteiger partial charge on any atom is 0.322 e. The zero-order chi connectivity index (χ0) is 19.5. The van der Waals surface area contributed by atoms with E-state index < -0.39 is 24.6 Å². The standard InChI is InChI=1S/C9H8O2.C5H9NO2.C3H7NO3/c1-10-8-4-2-3-7-5-6-11-9(7)8;7-5(8)4-2-1-3-6-4;4-2(1-5)3(6)7/h2-6H,1H3;4,6H,1-3H2,(H,7,8);2,5H,1,4H2,(H,6,7)/t;4-;2-/m.00/s1. The Hall–Kier alpha value is -2.62. The number of aliphatic hydroxyl groups is 1. The molecule has 1 aliphatic heterocycles. The van der Waals surface area contributed by atoms with Crippen LogP contribution in [-0.4, -0.2) is 59.6 Å². The van der Waals surface area contributed by atoms with E-state index in [0.717, 1.165) is 36.1 Å². The highest BCUT2D eigenvalue weighted by Crippen LogP contribution is 2.25. The molecular weight excluding hydrogens is 344 g/mol. The highest BCUT2D eigenvalue weighted by molar-refractivity contribution is 5.82. The molecule has 1 saturated heterocycles. The minimum atomic E-state index is -1.18. The first-order valence-corrected chi connectivity index (χ1v) is 7.96. The summed E-state index contributed by atoms with van der Waals surface area (Å²) in [7, 11) is 1.64. The molecule has 0 aliphatic carbocycles. The lowest BCUT2D eigenvalue weighted by Gasteiger charge is -1.99. The van der Waals surface area contributed by atoms with Gasteiger partial charge in [-0.15, -0.1) is 0 Å². The molecule has 2 atom stereocenters. The van der Waals surface area contributed by atoms with Gasteiger partial charge in [0.2, 0.25) is 0 Å². The number of hydrogen-bond acceptors (Lipinski definition) is 7. The van der Waals surface area contributed by atoms with Gasteiger partial charge in [-0.3, -0.25) is 9.59 Å². The Labute approximate surface area is 150 Å². The summed E-state index contributed by atoms with van der Waals surface area (Å²) in [5.41, 5.74) is 5.58. The van der Waals surface area contributed by atoms with Gasteiger partial charge in [-0.1, -0.05) is 12.1 Å². The van der Waals surface area contributed by atoms with Gasteiger partial charge in [0.15, 0.2) is 11.3 Å². The first kappa shape index (κ1) is 21.4. The number of carboxylic acids is 2. The van der Waals surface area contributed by atoms with Gasteiger partial charge in [0, 0.05) is 5.39 Å². The molecule has 144 valence electrons. The number of hydrogen-bond donors (Lipinski definition) is 5. The zero-order valence-electron chi connectivity index (χ0n) is 14.4. The number of nitrogens with two attached hydrogens (primary N) is 1. The van der Waals surface area contributed by atoms with Crippen LogP contribution in [0.2, 0.25) is 0 Å². The third-order valence-electron chi connectivity index (χ3n) is 3.54. The molecule has 3 rings (SSSR count). The Bertz CT molecular complexity index is 695. The molecule has 26 heavy (non-hydrogen) atoms. The zero-order valence-corrected chi connectivity index (χ0v) is 14.4. The van der Waals surface area contributed by atoms with Crippen molar-refractivity contribution in [2.24, 2.45) is 5.73 Å². The molecule has 6 N–H and O–H groups in total. The summed E-state index contributed by atoms with van der Waals surface area (Å²) < 4.78 is 10.3. The fraction of sp³-hybridized carbons (Fsp3) is 0.412. The molecule has 0 spiro atoms. The fourth-order valence-corrected chi connectivity index (χ4v) is 2.10. The van der Waals surface area contributed by atoms with Crippen molar-refractivity contribution >= 4 is 22.9 Å².